The van der Waals surface area contributed by atoms with Crippen molar-refractivity contribution in [3.8, 4) is 5.75 Å². The number of rotatable bonds is 2. The molecule has 5 heteroatoms. The summed E-state index contributed by atoms with van der Waals surface area (Å²) >= 11 is 3.14. The van der Waals surface area contributed by atoms with E-state index in [0.29, 0.717) is 10.4 Å². The second-order valence-corrected chi connectivity index (χ2v) is 4.27. The van der Waals surface area contributed by atoms with Crippen LogP contribution in [0.4, 0.5) is 5.69 Å². The van der Waals surface area contributed by atoms with E-state index in [9.17, 15) is 4.79 Å². The number of halogens is 1. The van der Waals surface area contributed by atoms with Gasteiger partial charge in [-0.1, -0.05) is 0 Å². The van der Waals surface area contributed by atoms with Crippen molar-refractivity contribution in [3.63, 3.8) is 0 Å². The standard InChI is InChI=1S/C12H10BrNO3/c1-14(8-2-4-9(15)5-3-8)12(16)10-6-7-11(13)17-10/h2-7,15H,1H3. The topological polar surface area (TPSA) is 53.7 Å². The molecular weight excluding hydrogens is 286 g/mol. The molecule has 0 aliphatic carbocycles. The van der Waals surface area contributed by atoms with Gasteiger partial charge in [0, 0.05) is 12.7 Å². The zero-order chi connectivity index (χ0) is 12.4. The number of phenols is 1. The van der Waals surface area contributed by atoms with Gasteiger partial charge in [0.15, 0.2) is 10.4 Å². The fourth-order valence-electron chi connectivity index (χ4n) is 1.39. The first-order chi connectivity index (χ1) is 8.08. The van der Waals surface area contributed by atoms with Gasteiger partial charge in [0.2, 0.25) is 0 Å². The Hall–Kier alpha value is -1.75. The van der Waals surface area contributed by atoms with Crippen molar-refractivity contribution >= 4 is 27.5 Å². The van der Waals surface area contributed by atoms with Crippen LogP contribution in [-0.2, 0) is 0 Å². The van der Waals surface area contributed by atoms with E-state index in [2.05, 4.69) is 15.9 Å². The SMILES string of the molecule is CN(C(=O)c1ccc(Br)o1)c1ccc(O)cc1. The third kappa shape index (κ3) is 2.50. The van der Waals surface area contributed by atoms with Crippen LogP contribution < -0.4 is 4.90 Å². The zero-order valence-electron chi connectivity index (χ0n) is 9.05. The van der Waals surface area contributed by atoms with E-state index in [1.807, 2.05) is 0 Å². The third-order valence-electron chi connectivity index (χ3n) is 2.33. The number of phenolic OH excluding ortho intramolecular Hbond substituents is 1. The average molecular weight is 296 g/mol. The van der Waals surface area contributed by atoms with Gasteiger partial charge in [-0.25, -0.2) is 0 Å². The highest BCUT2D eigenvalue weighted by molar-refractivity contribution is 9.10. The van der Waals surface area contributed by atoms with Crippen molar-refractivity contribution in [2.75, 3.05) is 11.9 Å². The highest BCUT2D eigenvalue weighted by atomic mass is 79.9. The summed E-state index contributed by atoms with van der Waals surface area (Å²) in [5, 5.41) is 9.17. The molecule has 2 rings (SSSR count). The van der Waals surface area contributed by atoms with Crippen LogP contribution in [0.3, 0.4) is 0 Å². The van der Waals surface area contributed by atoms with Gasteiger partial charge in [0.25, 0.3) is 5.91 Å². The molecule has 88 valence electrons. The number of amides is 1. The first-order valence-electron chi connectivity index (χ1n) is 4.90. The molecule has 1 amide bonds. The molecule has 17 heavy (non-hydrogen) atoms. The van der Waals surface area contributed by atoms with Gasteiger partial charge in [-0.15, -0.1) is 0 Å². The molecule has 0 bridgehead atoms. The predicted octanol–water partition coefficient (Wildman–Crippen LogP) is 3.02. The van der Waals surface area contributed by atoms with Crippen LogP contribution in [0.1, 0.15) is 10.6 Å². The van der Waals surface area contributed by atoms with Crippen LogP contribution in [0.15, 0.2) is 45.5 Å². The van der Waals surface area contributed by atoms with Gasteiger partial charge in [-0.2, -0.15) is 0 Å². The molecule has 0 saturated carbocycles. The van der Waals surface area contributed by atoms with E-state index in [-0.39, 0.29) is 17.4 Å². The molecule has 0 spiro atoms. The molecule has 0 aliphatic rings. The van der Waals surface area contributed by atoms with Crippen molar-refractivity contribution in [2.24, 2.45) is 0 Å². The highest BCUT2D eigenvalue weighted by Gasteiger charge is 2.16. The minimum absolute atomic E-state index is 0.162. The van der Waals surface area contributed by atoms with Crippen LogP contribution >= 0.6 is 15.9 Å². The second kappa shape index (κ2) is 4.63. The van der Waals surface area contributed by atoms with Crippen LogP contribution in [0.25, 0.3) is 0 Å². The molecule has 0 aliphatic heterocycles. The number of aromatic hydroxyl groups is 1. The molecule has 0 unspecified atom stereocenters. The summed E-state index contributed by atoms with van der Waals surface area (Å²) in [5.41, 5.74) is 0.681. The van der Waals surface area contributed by atoms with E-state index in [1.165, 1.54) is 17.0 Å². The number of furan rings is 1. The molecule has 0 fully saturated rings. The van der Waals surface area contributed by atoms with Gasteiger partial charge in [-0.05, 0) is 52.3 Å². The molecule has 1 heterocycles. The molecule has 1 aromatic heterocycles. The minimum atomic E-state index is -0.249. The summed E-state index contributed by atoms with van der Waals surface area (Å²) in [6, 6.07) is 9.63. The number of benzene rings is 1. The summed E-state index contributed by atoms with van der Waals surface area (Å²) in [6.45, 7) is 0. The van der Waals surface area contributed by atoms with Crippen LogP contribution in [0.5, 0.6) is 5.75 Å². The van der Waals surface area contributed by atoms with E-state index in [1.54, 1.807) is 31.3 Å². The summed E-state index contributed by atoms with van der Waals surface area (Å²) in [7, 11) is 1.64. The third-order valence-corrected chi connectivity index (χ3v) is 2.75. The largest absolute Gasteiger partial charge is 0.508 e. The van der Waals surface area contributed by atoms with Crippen LogP contribution in [0.2, 0.25) is 0 Å². The lowest BCUT2D eigenvalue weighted by Gasteiger charge is -2.15. The molecule has 0 radical (unpaired) electrons. The molecule has 0 saturated heterocycles. The van der Waals surface area contributed by atoms with E-state index in [0.717, 1.165) is 0 Å². The molecular formula is C12H10BrNO3. The number of anilines is 1. The number of hydrogen-bond acceptors (Lipinski definition) is 3. The number of carbonyl (C=O) groups excluding carboxylic acids is 1. The Labute approximate surface area is 107 Å². The summed E-state index contributed by atoms with van der Waals surface area (Å²) in [4.78, 5) is 13.4. The second-order valence-electron chi connectivity index (χ2n) is 3.48. The Morgan fingerprint density at radius 1 is 1.24 bits per heavy atom. The average Bonchev–Trinajstić information content (AvgIpc) is 2.75. The van der Waals surface area contributed by atoms with Gasteiger partial charge in [-0.3, -0.25) is 4.79 Å². The van der Waals surface area contributed by atoms with Gasteiger partial charge < -0.3 is 14.4 Å². The maximum absolute atomic E-state index is 12.0. The van der Waals surface area contributed by atoms with E-state index < -0.39 is 0 Å². The minimum Gasteiger partial charge on any atom is -0.508 e. The molecule has 0 atom stereocenters. The normalized spacial score (nSPS) is 10.2. The Balaban J connectivity index is 2.23. The predicted molar refractivity (Wildman–Crippen MR) is 67.2 cm³/mol. The van der Waals surface area contributed by atoms with E-state index >= 15 is 0 Å². The van der Waals surface area contributed by atoms with Crippen LogP contribution in [0, 0.1) is 0 Å². The van der Waals surface area contributed by atoms with E-state index in [4.69, 9.17) is 9.52 Å². The monoisotopic (exact) mass is 295 g/mol. The maximum Gasteiger partial charge on any atom is 0.293 e. The molecule has 2 aromatic rings. The van der Waals surface area contributed by atoms with Crippen molar-refractivity contribution < 1.29 is 14.3 Å². The molecule has 1 aromatic carbocycles. The Bertz CT molecular complexity index is 533. The smallest absolute Gasteiger partial charge is 0.293 e. The summed E-state index contributed by atoms with van der Waals surface area (Å²) < 4.78 is 5.70. The molecule has 4 nitrogen and oxygen atoms in total. The lowest BCUT2D eigenvalue weighted by molar-refractivity contribution is 0.0965. The maximum atomic E-state index is 12.0. The van der Waals surface area contributed by atoms with Crippen molar-refractivity contribution in [3.05, 3.63) is 46.8 Å². The fourth-order valence-corrected chi connectivity index (χ4v) is 1.69. The quantitative estimate of drug-likeness (QED) is 0.926. The van der Waals surface area contributed by atoms with Gasteiger partial charge >= 0.3 is 0 Å². The summed E-state index contributed by atoms with van der Waals surface area (Å²) in [5.74, 6) is 0.171. The highest BCUT2D eigenvalue weighted by Crippen LogP contribution is 2.21. The summed E-state index contributed by atoms with van der Waals surface area (Å²) in [6.07, 6.45) is 0. The van der Waals surface area contributed by atoms with Gasteiger partial charge in [0.1, 0.15) is 5.75 Å². The van der Waals surface area contributed by atoms with Crippen molar-refractivity contribution in [1.82, 2.24) is 0 Å². The van der Waals surface area contributed by atoms with Gasteiger partial charge in [0.05, 0.1) is 0 Å². The number of nitrogens with zero attached hydrogens (tertiary/aromatic N) is 1. The number of carbonyl (C=O) groups is 1. The van der Waals surface area contributed by atoms with Crippen molar-refractivity contribution in [1.29, 1.82) is 0 Å². The first kappa shape index (κ1) is 11.7. The zero-order valence-corrected chi connectivity index (χ0v) is 10.6. The Kier molecular flexibility index (Phi) is 3.19. The Morgan fingerprint density at radius 2 is 1.88 bits per heavy atom. The lowest BCUT2D eigenvalue weighted by atomic mass is 10.2. The first-order valence-corrected chi connectivity index (χ1v) is 5.69. The number of hydrogen-bond donors (Lipinski definition) is 1. The lowest BCUT2D eigenvalue weighted by Crippen LogP contribution is -2.25. The fraction of sp³-hybridized carbons (Fsp3) is 0.0833. The Morgan fingerprint density at radius 3 is 2.41 bits per heavy atom. The van der Waals surface area contributed by atoms with Crippen molar-refractivity contribution in [2.45, 2.75) is 0 Å². The van der Waals surface area contributed by atoms with Crippen LogP contribution in [-0.4, -0.2) is 18.1 Å². The molecule has 1 N–H and O–H groups in total.